The minimum atomic E-state index is -0.529. The number of urea groups is 1. The van der Waals surface area contributed by atoms with Crippen molar-refractivity contribution in [3.05, 3.63) is 77.0 Å². The van der Waals surface area contributed by atoms with Gasteiger partial charge in [-0.1, -0.05) is 48.5 Å². The predicted molar refractivity (Wildman–Crippen MR) is 95.0 cm³/mol. The quantitative estimate of drug-likeness (QED) is 0.878. The number of ether oxygens (including phenoxy) is 1. The lowest BCUT2D eigenvalue weighted by Crippen LogP contribution is -2.44. The fourth-order valence-corrected chi connectivity index (χ4v) is 2.98. The first-order chi connectivity index (χ1) is 12.1. The first-order valence-electron chi connectivity index (χ1n) is 8.11. The molecule has 5 nitrogen and oxygen atoms in total. The van der Waals surface area contributed by atoms with Crippen LogP contribution >= 0.6 is 0 Å². The second kappa shape index (κ2) is 7.21. The zero-order valence-electron chi connectivity index (χ0n) is 14.2. The van der Waals surface area contributed by atoms with Gasteiger partial charge in [-0.05, 0) is 25.5 Å². The van der Waals surface area contributed by atoms with Crippen molar-refractivity contribution in [3.63, 3.8) is 0 Å². The van der Waals surface area contributed by atoms with E-state index in [1.807, 2.05) is 54.6 Å². The molecule has 1 heterocycles. The Morgan fingerprint density at radius 2 is 1.76 bits per heavy atom. The van der Waals surface area contributed by atoms with Crippen molar-refractivity contribution in [3.8, 4) is 5.75 Å². The predicted octanol–water partition coefficient (Wildman–Crippen LogP) is 3.48. The molecule has 0 fully saturated rings. The number of Topliss-reactive ketones (excluding diaryl/α,β-unsaturated/α-hetero) is 1. The number of hydrogen-bond acceptors (Lipinski definition) is 3. The zero-order valence-corrected chi connectivity index (χ0v) is 14.2. The molecule has 3 rings (SSSR count). The number of hydrogen-bond donors (Lipinski definition) is 2. The summed E-state index contributed by atoms with van der Waals surface area (Å²) in [4.78, 5) is 24.0. The number of para-hydroxylation sites is 1. The zero-order chi connectivity index (χ0) is 17.8. The van der Waals surface area contributed by atoms with Crippen molar-refractivity contribution in [1.29, 1.82) is 0 Å². The maximum Gasteiger partial charge on any atom is 0.319 e. The molecule has 0 saturated heterocycles. The number of carbonyl (C=O) groups excluding carboxylic acids is 2. The molecule has 2 amide bonds. The molecular weight excluding hydrogens is 316 g/mol. The van der Waals surface area contributed by atoms with E-state index in [-0.39, 0.29) is 11.8 Å². The van der Waals surface area contributed by atoms with Crippen molar-refractivity contribution < 1.29 is 14.3 Å². The summed E-state index contributed by atoms with van der Waals surface area (Å²) in [5, 5.41) is 5.48. The summed E-state index contributed by atoms with van der Waals surface area (Å²) in [6, 6.07) is 16.4. The second-order valence-corrected chi connectivity index (χ2v) is 5.94. The van der Waals surface area contributed by atoms with Crippen molar-refractivity contribution >= 4 is 11.8 Å². The number of amides is 2. The smallest absolute Gasteiger partial charge is 0.319 e. The summed E-state index contributed by atoms with van der Waals surface area (Å²) < 4.78 is 5.97. The summed E-state index contributed by atoms with van der Waals surface area (Å²) in [5.74, 6) is 0.554. The van der Waals surface area contributed by atoms with E-state index in [1.54, 1.807) is 6.92 Å². The average Bonchev–Trinajstić information content (AvgIpc) is 2.60. The van der Waals surface area contributed by atoms with Gasteiger partial charge in [-0.25, -0.2) is 4.79 Å². The Morgan fingerprint density at radius 3 is 2.48 bits per heavy atom. The third-order valence-electron chi connectivity index (χ3n) is 4.12. The van der Waals surface area contributed by atoms with E-state index >= 15 is 0 Å². The van der Waals surface area contributed by atoms with Gasteiger partial charge in [0.2, 0.25) is 0 Å². The number of carbonyl (C=O) groups is 2. The normalized spacial score (nSPS) is 16.9. The first kappa shape index (κ1) is 16.8. The van der Waals surface area contributed by atoms with E-state index in [0.717, 1.165) is 11.1 Å². The molecule has 0 unspecified atom stereocenters. The van der Waals surface area contributed by atoms with Gasteiger partial charge in [-0.15, -0.1) is 0 Å². The molecule has 0 aliphatic carbocycles. The molecule has 1 atom stereocenters. The van der Waals surface area contributed by atoms with Crippen molar-refractivity contribution in [2.24, 2.45) is 0 Å². The molecule has 2 aromatic rings. The molecule has 1 aliphatic rings. The Balaban J connectivity index is 1.93. The minimum Gasteiger partial charge on any atom is -0.489 e. The van der Waals surface area contributed by atoms with E-state index in [4.69, 9.17) is 4.74 Å². The maximum atomic E-state index is 12.1. The second-order valence-electron chi connectivity index (χ2n) is 5.94. The highest BCUT2D eigenvalue weighted by Crippen LogP contribution is 2.33. The maximum absolute atomic E-state index is 12.1. The standard InChI is InChI=1S/C20H20N2O3/c1-13-18(14(2)23)19(22-20(24)21-13)16-10-6-7-11-17(16)25-12-15-8-4-3-5-9-15/h3-11,19H,12H2,1-2H3,(H2,21,22,24)/t19-/m1/s1. The molecular formula is C20H20N2O3. The average molecular weight is 336 g/mol. The molecule has 0 bridgehead atoms. The third kappa shape index (κ3) is 3.71. The highest BCUT2D eigenvalue weighted by Gasteiger charge is 2.30. The largest absolute Gasteiger partial charge is 0.489 e. The van der Waals surface area contributed by atoms with Crippen LogP contribution in [-0.4, -0.2) is 11.8 Å². The SMILES string of the molecule is CC(=O)C1=C(C)NC(=O)N[C@@H]1c1ccccc1OCc1ccccc1. The van der Waals surface area contributed by atoms with Crippen LogP contribution in [0.2, 0.25) is 0 Å². The first-order valence-corrected chi connectivity index (χ1v) is 8.11. The number of ketones is 1. The van der Waals surface area contributed by atoms with Crippen LogP contribution < -0.4 is 15.4 Å². The molecule has 0 saturated carbocycles. The number of benzene rings is 2. The number of rotatable bonds is 5. The van der Waals surface area contributed by atoms with Crippen LogP contribution in [0.1, 0.15) is 31.0 Å². The summed E-state index contributed by atoms with van der Waals surface area (Å²) >= 11 is 0. The van der Waals surface area contributed by atoms with Gasteiger partial charge in [-0.3, -0.25) is 4.79 Å². The molecule has 2 N–H and O–H groups in total. The Bertz CT molecular complexity index is 828. The van der Waals surface area contributed by atoms with Gasteiger partial charge in [0.05, 0.1) is 6.04 Å². The lowest BCUT2D eigenvalue weighted by Gasteiger charge is -2.29. The molecule has 25 heavy (non-hydrogen) atoms. The van der Waals surface area contributed by atoms with Gasteiger partial charge in [0.1, 0.15) is 12.4 Å². The summed E-state index contributed by atoms with van der Waals surface area (Å²) in [6.07, 6.45) is 0. The fraction of sp³-hybridized carbons (Fsp3) is 0.200. The Labute approximate surface area is 146 Å². The van der Waals surface area contributed by atoms with Crippen molar-refractivity contribution in [2.75, 3.05) is 0 Å². The molecule has 5 heteroatoms. The Hall–Kier alpha value is -3.08. The van der Waals surface area contributed by atoms with Crippen LogP contribution in [0, 0.1) is 0 Å². The van der Waals surface area contributed by atoms with Crippen LogP contribution in [0.4, 0.5) is 4.79 Å². The Kier molecular flexibility index (Phi) is 4.84. The molecule has 2 aromatic carbocycles. The van der Waals surface area contributed by atoms with Gasteiger partial charge >= 0.3 is 6.03 Å². The molecule has 0 radical (unpaired) electrons. The third-order valence-corrected chi connectivity index (χ3v) is 4.12. The van der Waals surface area contributed by atoms with E-state index < -0.39 is 6.04 Å². The van der Waals surface area contributed by atoms with Crippen LogP contribution in [0.15, 0.2) is 65.9 Å². The number of nitrogens with one attached hydrogen (secondary N) is 2. The van der Waals surface area contributed by atoms with Gasteiger partial charge in [-0.2, -0.15) is 0 Å². The minimum absolute atomic E-state index is 0.0899. The monoisotopic (exact) mass is 336 g/mol. The Morgan fingerprint density at radius 1 is 1.08 bits per heavy atom. The van der Waals surface area contributed by atoms with Crippen molar-refractivity contribution in [2.45, 2.75) is 26.5 Å². The topological polar surface area (TPSA) is 67.4 Å². The molecule has 1 aliphatic heterocycles. The van der Waals surface area contributed by atoms with Gasteiger partial charge < -0.3 is 15.4 Å². The highest BCUT2D eigenvalue weighted by molar-refractivity contribution is 5.98. The molecule has 0 aromatic heterocycles. The molecule has 0 spiro atoms. The van der Waals surface area contributed by atoms with Gasteiger partial charge in [0, 0.05) is 16.8 Å². The van der Waals surface area contributed by atoms with Crippen LogP contribution in [0.25, 0.3) is 0 Å². The van der Waals surface area contributed by atoms with Crippen LogP contribution in [0.5, 0.6) is 5.75 Å². The fourth-order valence-electron chi connectivity index (χ4n) is 2.98. The van der Waals surface area contributed by atoms with Gasteiger partial charge in [0.25, 0.3) is 0 Å². The highest BCUT2D eigenvalue weighted by atomic mass is 16.5. The van der Waals surface area contributed by atoms with E-state index in [2.05, 4.69) is 10.6 Å². The van der Waals surface area contributed by atoms with E-state index in [0.29, 0.717) is 23.6 Å². The molecule has 128 valence electrons. The summed E-state index contributed by atoms with van der Waals surface area (Å²) in [7, 11) is 0. The van der Waals surface area contributed by atoms with Crippen LogP contribution in [0.3, 0.4) is 0 Å². The van der Waals surface area contributed by atoms with Crippen LogP contribution in [-0.2, 0) is 11.4 Å². The number of allylic oxidation sites excluding steroid dienone is 1. The van der Waals surface area contributed by atoms with E-state index in [1.165, 1.54) is 6.92 Å². The van der Waals surface area contributed by atoms with E-state index in [9.17, 15) is 9.59 Å². The van der Waals surface area contributed by atoms with Gasteiger partial charge in [0.15, 0.2) is 5.78 Å². The summed E-state index contributed by atoms with van der Waals surface area (Å²) in [5.41, 5.74) is 2.91. The lowest BCUT2D eigenvalue weighted by molar-refractivity contribution is -0.114. The van der Waals surface area contributed by atoms with Crippen molar-refractivity contribution in [1.82, 2.24) is 10.6 Å². The lowest BCUT2D eigenvalue weighted by atomic mass is 9.92. The summed E-state index contributed by atoms with van der Waals surface area (Å²) in [6.45, 7) is 3.64.